The maximum atomic E-state index is 5.31. The maximum absolute atomic E-state index is 5.31. The van der Waals surface area contributed by atoms with Gasteiger partial charge in [-0.25, -0.2) is 5.10 Å². The Morgan fingerprint density at radius 2 is 2.17 bits per heavy atom. The molecule has 0 bridgehead atoms. The second-order valence-corrected chi connectivity index (χ2v) is 5.67. The van der Waals surface area contributed by atoms with E-state index in [2.05, 4.69) is 52.4 Å². The standard InChI is InChI=1S/C12H23N5S/c1-5-10-8-16(7-6-15(10)4)11-13-14-12(18)17(11)9(2)3/h9-10H,5-8H2,1-4H3,(H,14,18). The molecule has 0 spiro atoms. The van der Waals surface area contributed by atoms with Crippen molar-refractivity contribution in [2.75, 3.05) is 31.6 Å². The summed E-state index contributed by atoms with van der Waals surface area (Å²) < 4.78 is 2.82. The van der Waals surface area contributed by atoms with Crippen LogP contribution in [0.15, 0.2) is 0 Å². The van der Waals surface area contributed by atoms with Gasteiger partial charge in [-0.2, -0.15) is 0 Å². The Bertz CT molecular complexity index is 450. The van der Waals surface area contributed by atoms with Crippen LogP contribution in [-0.2, 0) is 0 Å². The molecule has 1 unspecified atom stereocenters. The van der Waals surface area contributed by atoms with Crippen LogP contribution in [0.5, 0.6) is 0 Å². The van der Waals surface area contributed by atoms with E-state index in [9.17, 15) is 0 Å². The van der Waals surface area contributed by atoms with E-state index < -0.39 is 0 Å². The third kappa shape index (κ3) is 2.44. The number of H-pyrrole nitrogens is 1. The molecular weight excluding hydrogens is 246 g/mol. The number of aromatic amines is 1. The minimum absolute atomic E-state index is 0.339. The van der Waals surface area contributed by atoms with E-state index in [1.165, 1.54) is 6.42 Å². The third-order valence-corrected chi connectivity index (χ3v) is 4.02. The molecule has 1 N–H and O–H groups in total. The predicted octanol–water partition coefficient (Wildman–Crippen LogP) is 2.05. The molecule has 0 aromatic carbocycles. The highest BCUT2D eigenvalue weighted by atomic mass is 32.1. The molecule has 2 heterocycles. The smallest absolute Gasteiger partial charge is 0.226 e. The van der Waals surface area contributed by atoms with Crippen LogP contribution < -0.4 is 4.90 Å². The number of aromatic nitrogens is 3. The van der Waals surface area contributed by atoms with E-state index in [0.29, 0.717) is 16.9 Å². The Kier molecular flexibility index (Phi) is 4.07. The van der Waals surface area contributed by atoms with Gasteiger partial charge in [0.25, 0.3) is 0 Å². The molecule has 1 saturated heterocycles. The van der Waals surface area contributed by atoms with Gasteiger partial charge >= 0.3 is 0 Å². The van der Waals surface area contributed by atoms with E-state index in [4.69, 9.17) is 12.2 Å². The molecule has 1 atom stereocenters. The Hall–Kier alpha value is -0.880. The van der Waals surface area contributed by atoms with Crippen LogP contribution in [0.1, 0.15) is 33.2 Å². The molecule has 18 heavy (non-hydrogen) atoms. The van der Waals surface area contributed by atoms with Crippen LogP contribution in [0, 0.1) is 4.77 Å². The molecular formula is C12H23N5S. The maximum Gasteiger partial charge on any atom is 0.226 e. The minimum Gasteiger partial charge on any atom is -0.338 e. The lowest BCUT2D eigenvalue weighted by Crippen LogP contribution is -2.52. The van der Waals surface area contributed by atoms with Gasteiger partial charge in [-0.1, -0.05) is 6.92 Å². The van der Waals surface area contributed by atoms with E-state index >= 15 is 0 Å². The molecule has 2 rings (SSSR count). The predicted molar refractivity (Wildman–Crippen MR) is 76.7 cm³/mol. The fourth-order valence-electron chi connectivity index (χ4n) is 2.55. The summed E-state index contributed by atoms with van der Waals surface area (Å²) in [6.07, 6.45) is 1.17. The van der Waals surface area contributed by atoms with Crippen molar-refractivity contribution in [3.8, 4) is 0 Å². The van der Waals surface area contributed by atoms with Gasteiger partial charge < -0.3 is 4.90 Å². The van der Waals surface area contributed by atoms with Crippen molar-refractivity contribution in [2.45, 2.75) is 39.3 Å². The van der Waals surface area contributed by atoms with Gasteiger partial charge in [0.05, 0.1) is 0 Å². The molecule has 102 valence electrons. The summed E-state index contributed by atoms with van der Waals surface area (Å²) in [7, 11) is 2.20. The molecule has 5 nitrogen and oxygen atoms in total. The summed E-state index contributed by atoms with van der Waals surface area (Å²) in [4.78, 5) is 4.78. The molecule has 1 aromatic heterocycles. The summed E-state index contributed by atoms with van der Waals surface area (Å²) >= 11 is 5.31. The van der Waals surface area contributed by atoms with Crippen molar-refractivity contribution >= 4 is 18.2 Å². The van der Waals surface area contributed by atoms with Crippen molar-refractivity contribution < 1.29 is 0 Å². The largest absolute Gasteiger partial charge is 0.338 e. The quantitative estimate of drug-likeness (QED) is 0.853. The Balaban J connectivity index is 2.25. The molecule has 1 aliphatic rings. The molecule has 0 amide bonds. The van der Waals surface area contributed by atoms with Gasteiger partial charge in [0.15, 0.2) is 4.77 Å². The number of rotatable bonds is 3. The first-order valence-electron chi connectivity index (χ1n) is 6.66. The van der Waals surface area contributed by atoms with Crippen LogP contribution >= 0.6 is 12.2 Å². The lowest BCUT2D eigenvalue weighted by molar-refractivity contribution is 0.211. The highest BCUT2D eigenvalue weighted by molar-refractivity contribution is 7.71. The number of piperazine rings is 1. The Morgan fingerprint density at radius 1 is 1.44 bits per heavy atom. The van der Waals surface area contributed by atoms with Crippen molar-refractivity contribution in [3.63, 3.8) is 0 Å². The number of hydrogen-bond acceptors (Lipinski definition) is 4. The van der Waals surface area contributed by atoms with E-state index in [-0.39, 0.29) is 0 Å². The number of nitrogens with one attached hydrogen (secondary N) is 1. The van der Waals surface area contributed by atoms with Crippen LogP contribution in [0.2, 0.25) is 0 Å². The zero-order valence-electron chi connectivity index (χ0n) is 11.7. The first-order valence-corrected chi connectivity index (χ1v) is 7.07. The molecule has 1 fully saturated rings. The van der Waals surface area contributed by atoms with Crippen LogP contribution in [0.3, 0.4) is 0 Å². The molecule has 6 heteroatoms. The van der Waals surface area contributed by atoms with Gasteiger partial charge in [0, 0.05) is 31.7 Å². The van der Waals surface area contributed by atoms with Gasteiger partial charge in [-0.15, -0.1) is 5.10 Å². The van der Waals surface area contributed by atoms with Crippen LogP contribution in [0.4, 0.5) is 5.95 Å². The first-order chi connectivity index (χ1) is 8.54. The second kappa shape index (κ2) is 5.40. The summed E-state index contributed by atoms with van der Waals surface area (Å²) in [5, 5.41) is 7.33. The van der Waals surface area contributed by atoms with Gasteiger partial charge in [-0.3, -0.25) is 9.47 Å². The highest BCUT2D eigenvalue weighted by Crippen LogP contribution is 2.21. The van der Waals surface area contributed by atoms with Crippen molar-refractivity contribution in [2.24, 2.45) is 0 Å². The summed E-state index contributed by atoms with van der Waals surface area (Å²) in [6.45, 7) is 9.64. The number of likely N-dealkylation sites (N-methyl/N-ethyl adjacent to an activating group) is 1. The van der Waals surface area contributed by atoms with Gasteiger partial charge in [0.1, 0.15) is 0 Å². The average Bonchev–Trinajstić information content (AvgIpc) is 2.72. The van der Waals surface area contributed by atoms with Crippen molar-refractivity contribution in [3.05, 3.63) is 4.77 Å². The molecule has 1 aromatic rings. The van der Waals surface area contributed by atoms with E-state index in [1.807, 2.05) is 0 Å². The van der Waals surface area contributed by atoms with Crippen molar-refractivity contribution in [1.29, 1.82) is 0 Å². The Morgan fingerprint density at radius 3 is 2.78 bits per heavy atom. The fourth-order valence-corrected chi connectivity index (χ4v) is 2.89. The highest BCUT2D eigenvalue weighted by Gasteiger charge is 2.26. The molecule has 0 aliphatic carbocycles. The van der Waals surface area contributed by atoms with Crippen LogP contribution in [0.25, 0.3) is 0 Å². The zero-order valence-corrected chi connectivity index (χ0v) is 12.5. The number of anilines is 1. The van der Waals surface area contributed by atoms with Gasteiger partial charge in [-0.05, 0) is 39.5 Å². The van der Waals surface area contributed by atoms with E-state index in [0.717, 1.165) is 25.6 Å². The molecule has 1 aliphatic heterocycles. The lowest BCUT2D eigenvalue weighted by Gasteiger charge is -2.39. The minimum atomic E-state index is 0.339. The molecule has 0 saturated carbocycles. The summed E-state index contributed by atoms with van der Waals surface area (Å²) in [6, 6.07) is 0.940. The third-order valence-electron chi connectivity index (χ3n) is 3.73. The number of nitrogens with zero attached hydrogens (tertiary/aromatic N) is 4. The topological polar surface area (TPSA) is 40.1 Å². The van der Waals surface area contributed by atoms with E-state index in [1.54, 1.807) is 0 Å². The Labute approximate surface area is 114 Å². The fraction of sp³-hybridized carbons (Fsp3) is 0.833. The van der Waals surface area contributed by atoms with Crippen LogP contribution in [-0.4, -0.2) is 52.4 Å². The summed E-state index contributed by atoms with van der Waals surface area (Å²) in [5.41, 5.74) is 0. The lowest BCUT2D eigenvalue weighted by atomic mass is 10.1. The zero-order chi connectivity index (χ0) is 13.3. The SMILES string of the molecule is CCC1CN(c2n[nH]c(=S)n2C(C)C)CCN1C. The monoisotopic (exact) mass is 269 g/mol. The molecule has 0 radical (unpaired) electrons. The second-order valence-electron chi connectivity index (χ2n) is 5.28. The average molecular weight is 269 g/mol. The first kappa shape index (κ1) is 13.5. The van der Waals surface area contributed by atoms with Crippen molar-refractivity contribution in [1.82, 2.24) is 19.7 Å². The normalized spacial score (nSPS) is 21.8. The number of hydrogen-bond donors (Lipinski definition) is 1. The van der Waals surface area contributed by atoms with Gasteiger partial charge in [0.2, 0.25) is 5.95 Å². The summed E-state index contributed by atoms with van der Waals surface area (Å²) in [5.74, 6) is 0.988.